The number of pyridine rings is 2. The molecule has 9 rings (SSSR count). The highest BCUT2D eigenvalue weighted by atomic mass is 16.3. The van der Waals surface area contributed by atoms with Crippen molar-refractivity contribution < 1.29 is 13.6 Å². The Morgan fingerprint density at radius 1 is 0.639 bits per heavy atom. The van der Waals surface area contributed by atoms with E-state index < -0.39 is 0 Å². The zero-order valence-electron chi connectivity index (χ0n) is 19.5. The molecule has 5 heterocycles. The lowest BCUT2D eigenvalue weighted by Crippen LogP contribution is -2.50. The van der Waals surface area contributed by atoms with Gasteiger partial charge in [0.15, 0.2) is 24.1 Å². The average molecular weight is 463 g/mol. The van der Waals surface area contributed by atoms with E-state index in [0.717, 1.165) is 21.9 Å². The molecule has 0 spiro atoms. The molecule has 6 aromatic rings. The Labute approximate surface area is 208 Å². The number of hydrogen-bond acceptors (Lipinski definition) is 1. The maximum atomic E-state index is 6.33. The van der Waals surface area contributed by atoms with Crippen LogP contribution in [0.5, 0.6) is 0 Å². The molecule has 3 nitrogen and oxygen atoms in total. The summed E-state index contributed by atoms with van der Waals surface area (Å²) in [7, 11) is 0. The molecule has 3 unspecified atom stereocenters. The van der Waals surface area contributed by atoms with Crippen LogP contribution in [-0.2, 0) is 0 Å². The Hall–Kier alpha value is -4.50. The van der Waals surface area contributed by atoms with Crippen LogP contribution in [0.25, 0.3) is 50.2 Å². The quantitative estimate of drug-likeness (QED) is 0.228. The van der Waals surface area contributed by atoms with Crippen LogP contribution in [0, 0.1) is 0 Å². The van der Waals surface area contributed by atoms with Gasteiger partial charge in [0.2, 0.25) is 11.4 Å². The molecule has 2 aliphatic heterocycles. The van der Waals surface area contributed by atoms with Crippen LogP contribution in [-0.4, -0.2) is 0 Å². The molecule has 0 N–H and O–H groups in total. The topological polar surface area (TPSA) is 20.9 Å². The molecule has 168 valence electrons. The van der Waals surface area contributed by atoms with Crippen LogP contribution < -0.4 is 9.13 Å². The van der Waals surface area contributed by atoms with E-state index in [0.29, 0.717) is 6.04 Å². The van der Waals surface area contributed by atoms with E-state index in [1.165, 1.54) is 39.3 Å². The molecule has 2 bridgehead atoms. The molecule has 0 saturated heterocycles. The van der Waals surface area contributed by atoms with Crippen LogP contribution in [0.4, 0.5) is 0 Å². The van der Waals surface area contributed by atoms with E-state index in [9.17, 15) is 0 Å². The molecular weight excluding hydrogens is 440 g/mol. The lowest BCUT2D eigenvalue weighted by Gasteiger charge is -2.30. The van der Waals surface area contributed by atoms with Crippen molar-refractivity contribution in [3.8, 4) is 22.5 Å². The number of para-hydroxylation sites is 1. The molecule has 0 fully saturated rings. The molecule has 36 heavy (non-hydrogen) atoms. The second-order valence-corrected chi connectivity index (χ2v) is 10.2. The first-order valence-corrected chi connectivity index (χ1v) is 12.6. The number of benzene rings is 3. The summed E-state index contributed by atoms with van der Waals surface area (Å²) >= 11 is 0. The van der Waals surface area contributed by atoms with E-state index in [-0.39, 0.29) is 11.8 Å². The van der Waals surface area contributed by atoms with Crippen molar-refractivity contribution >= 4 is 27.6 Å². The van der Waals surface area contributed by atoms with Crippen molar-refractivity contribution in [1.82, 2.24) is 0 Å². The van der Waals surface area contributed by atoms with Crippen molar-refractivity contribution in [2.24, 2.45) is 0 Å². The van der Waals surface area contributed by atoms with Gasteiger partial charge in [-0.15, -0.1) is 0 Å². The van der Waals surface area contributed by atoms with Crippen LogP contribution in [0.3, 0.4) is 0 Å². The Balaban J connectivity index is 1.41. The molecule has 0 amide bonds. The van der Waals surface area contributed by atoms with Gasteiger partial charge in [-0.1, -0.05) is 54.6 Å². The van der Waals surface area contributed by atoms with Crippen molar-refractivity contribution in [2.75, 3.05) is 0 Å². The van der Waals surface area contributed by atoms with Crippen LogP contribution in [0.1, 0.15) is 29.0 Å². The maximum absolute atomic E-state index is 6.33. The Kier molecular flexibility index (Phi) is 3.43. The lowest BCUT2D eigenvalue weighted by atomic mass is 9.77. The number of furan rings is 1. The fourth-order valence-electron chi connectivity index (χ4n) is 7.05. The minimum Gasteiger partial charge on any atom is -0.456 e. The first-order chi connectivity index (χ1) is 17.9. The lowest BCUT2D eigenvalue weighted by molar-refractivity contribution is -0.719. The molecule has 3 heteroatoms. The summed E-state index contributed by atoms with van der Waals surface area (Å²) < 4.78 is 11.3. The van der Waals surface area contributed by atoms with Gasteiger partial charge in [-0.3, -0.25) is 0 Å². The van der Waals surface area contributed by atoms with Gasteiger partial charge in [-0.05, 0) is 41.5 Å². The number of nitrogens with zero attached hydrogens (tertiary/aromatic N) is 2. The number of hydrogen-bond donors (Lipinski definition) is 0. The number of allylic oxidation sites excluding steroid dienone is 2. The van der Waals surface area contributed by atoms with E-state index >= 15 is 0 Å². The van der Waals surface area contributed by atoms with E-state index in [1.54, 1.807) is 0 Å². The minimum atomic E-state index is 0.263. The third-order valence-electron chi connectivity index (χ3n) is 8.48. The third kappa shape index (κ3) is 2.24. The summed E-state index contributed by atoms with van der Waals surface area (Å²) in [4.78, 5) is 0. The van der Waals surface area contributed by atoms with Gasteiger partial charge in [0.25, 0.3) is 0 Å². The summed E-state index contributed by atoms with van der Waals surface area (Å²) in [6.45, 7) is 0. The van der Waals surface area contributed by atoms with Gasteiger partial charge < -0.3 is 4.42 Å². The summed E-state index contributed by atoms with van der Waals surface area (Å²) in [5.74, 6) is 0.544. The van der Waals surface area contributed by atoms with Gasteiger partial charge in [0.1, 0.15) is 17.1 Å². The summed E-state index contributed by atoms with van der Waals surface area (Å²) in [5.41, 5.74) is 11.1. The zero-order chi connectivity index (χ0) is 23.4. The molecular formula is C33H22N2O+2. The summed E-state index contributed by atoms with van der Waals surface area (Å²) in [6.07, 6.45) is 7.12. The second kappa shape index (κ2) is 6.58. The van der Waals surface area contributed by atoms with Crippen LogP contribution in [0.2, 0.25) is 0 Å². The van der Waals surface area contributed by atoms with Crippen molar-refractivity contribution in [2.45, 2.75) is 17.9 Å². The molecule has 0 radical (unpaired) electrons. The fraction of sp³-hybridized carbons (Fsp3) is 0.0909. The van der Waals surface area contributed by atoms with Crippen LogP contribution in [0.15, 0.2) is 120 Å². The van der Waals surface area contributed by atoms with E-state index in [2.05, 4.69) is 119 Å². The Morgan fingerprint density at radius 3 is 2.31 bits per heavy atom. The molecule has 0 saturated carbocycles. The summed E-state index contributed by atoms with van der Waals surface area (Å²) in [6, 6.07) is 35.4. The molecule has 3 aromatic carbocycles. The first-order valence-electron chi connectivity index (χ1n) is 12.6. The van der Waals surface area contributed by atoms with Gasteiger partial charge in [0.05, 0.1) is 28.5 Å². The standard InChI is InChI=1S/C33H22N2O/c1-2-10-21-20(9-1)25-17-29(35-19-26-23-12-5-6-15-30(23)36-31(26)18-28(21)35)32-24-13-4-3-11-22(24)27-14-7-8-16-34(27)33(25)32/h1-19,25,32-33H/q+2. The predicted molar refractivity (Wildman–Crippen MR) is 140 cm³/mol. The minimum absolute atomic E-state index is 0.263. The Morgan fingerprint density at radius 2 is 1.39 bits per heavy atom. The largest absolute Gasteiger partial charge is 0.456 e. The maximum Gasteiger partial charge on any atom is 0.222 e. The first kappa shape index (κ1) is 18.8. The van der Waals surface area contributed by atoms with Crippen molar-refractivity contribution in [1.29, 1.82) is 0 Å². The van der Waals surface area contributed by atoms with Gasteiger partial charge >= 0.3 is 0 Å². The molecule has 3 aromatic heterocycles. The predicted octanol–water partition coefficient (Wildman–Crippen LogP) is 6.79. The molecule has 3 atom stereocenters. The highest BCUT2D eigenvalue weighted by Gasteiger charge is 2.56. The van der Waals surface area contributed by atoms with E-state index in [4.69, 9.17) is 4.42 Å². The number of rotatable bonds is 0. The normalized spacial score (nSPS) is 20.7. The van der Waals surface area contributed by atoms with Crippen molar-refractivity contribution in [3.05, 3.63) is 127 Å². The average Bonchev–Trinajstić information content (AvgIpc) is 3.47. The van der Waals surface area contributed by atoms with Crippen LogP contribution >= 0.6 is 0 Å². The van der Waals surface area contributed by atoms with Gasteiger partial charge in [0, 0.05) is 17.5 Å². The highest BCUT2D eigenvalue weighted by Crippen LogP contribution is 2.56. The molecule has 3 aliphatic rings. The second-order valence-electron chi connectivity index (χ2n) is 10.2. The van der Waals surface area contributed by atoms with Gasteiger partial charge in [-0.2, -0.15) is 9.13 Å². The number of fused-ring (bicyclic) bond motifs is 11. The monoisotopic (exact) mass is 462 g/mol. The SMILES string of the molecule is C1=C2C3c4ccccc4-c4cccc[n+]4C3C1c1ccccc1-c1cc3oc4ccccc4c3c[n+]12. The highest BCUT2D eigenvalue weighted by molar-refractivity contribution is 6.04. The fourth-order valence-corrected chi connectivity index (χ4v) is 7.05. The van der Waals surface area contributed by atoms with Gasteiger partial charge in [-0.25, -0.2) is 0 Å². The Bertz CT molecular complexity index is 1930. The van der Waals surface area contributed by atoms with Crippen molar-refractivity contribution in [3.63, 3.8) is 0 Å². The smallest absolute Gasteiger partial charge is 0.222 e. The molecule has 1 aliphatic carbocycles. The number of aromatic nitrogens is 2. The summed E-state index contributed by atoms with van der Waals surface area (Å²) in [5, 5.41) is 2.32. The third-order valence-corrected chi connectivity index (χ3v) is 8.48. The van der Waals surface area contributed by atoms with E-state index in [1.807, 2.05) is 6.07 Å². The zero-order valence-corrected chi connectivity index (χ0v) is 19.5.